The van der Waals surface area contributed by atoms with Crippen LogP contribution in [0.25, 0.3) is 0 Å². The van der Waals surface area contributed by atoms with Crippen LogP contribution in [0, 0.1) is 13.8 Å². The summed E-state index contributed by atoms with van der Waals surface area (Å²) < 4.78 is 5.14. The van der Waals surface area contributed by atoms with E-state index >= 15 is 0 Å². The molecule has 0 unspecified atom stereocenters. The predicted octanol–water partition coefficient (Wildman–Crippen LogP) is 2.77. The van der Waals surface area contributed by atoms with Gasteiger partial charge in [-0.3, -0.25) is 4.90 Å². The molecule has 1 fully saturated rings. The van der Waals surface area contributed by atoms with E-state index in [9.17, 15) is 4.79 Å². The van der Waals surface area contributed by atoms with Crippen molar-refractivity contribution in [3.63, 3.8) is 0 Å². The molecule has 6 nitrogen and oxygen atoms in total. The molecule has 2 amide bonds. The molecule has 130 valence electrons. The molecule has 0 atom stereocenters. The lowest BCUT2D eigenvalue weighted by Gasteiger charge is -2.22. The van der Waals surface area contributed by atoms with Gasteiger partial charge in [0, 0.05) is 49.7 Å². The fourth-order valence-corrected chi connectivity index (χ4v) is 3.73. The summed E-state index contributed by atoms with van der Waals surface area (Å²) in [6.45, 7) is 8.72. The summed E-state index contributed by atoms with van der Waals surface area (Å²) in [5, 5.41) is 9.03. The van der Waals surface area contributed by atoms with Crippen molar-refractivity contribution in [3.05, 3.63) is 39.4 Å². The van der Waals surface area contributed by atoms with E-state index in [1.807, 2.05) is 18.7 Å². The summed E-state index contributed by atoms with van der Waals surface area (Å²) in [5.74, 6) is 0.769. The van der Waals surface area contributed by atoms with Crippen LogP contribution in [0.4, 0.5) is 4.79 Å². The highest BCUT2D eigenvalue weighted by atomic mass is 32.1. The largest absolute Gasteiger partial charge is 0.361 e. The minimum absolute atomic E-state index is 0.00651. The van der Waals surface area contributed by atoms with Gasteiger partial charge in [-0.05, 0) is 31.7 Å². The molecule has 0 spiro atoms. The SMILES string of the molecule is Cc1noc(C)c1CNC(=O)N1CCCN(Cc2cccs2)CC1. The standard InChI is InChI=1S/C17H24N4O2S/c1-13-16(14(2)23-19-13)11-18-17(22)21-7-4-6-20(8-9-21)12-15-5-3-10-24-15/h3,5,10H,4,6-9,11-12H2,1-2H3,(H,18,22). The Bertz CT molecular complexity index is 649. The topological polar surface area (TPSA) is 61.6 Å². The predicted molar refractivity (Wildman–Crippen MR) is 94.0 cm³/mol. The number of carbonyl (C=O) groups is 1. The smallest absolute Gasteiger partial charge is 0.317 e. The minimum Gasteiger partial charge on any atom is -0.361 e. The molecule has 1 N–H and O–H groups in total. The zero-order valence-electron chi connectivity index (χ0n) is 14.2. The van der Waals surface area contributed by atoms with Gasteiger partial charge in [0.05, 0.1) is 5.69 Å². The van der Waals surface area contributed by atoms with Crippen molar-refractivity contribution in [2.75, 3.05) is 26.2 Å². The van der Waals surface area contributed by atoms with Crippen molar-refractivity contribution in [2.24, 2.45) is 0 Å². The number of aromatic nitrogens is 1. The van der Waals surface area contributed by atoms with Crippen LogP contribution in [0.15, 0.2) is 22.0 Å². The normalized spacial score (nSPS) is 16.2. The van der Waals surface area contributed by atoms with E-state index in [2.05, 4.69) is 32.9 Å². The molecular formula is C17H24N4O2S. The van der Waals surface area contributed by atoms with E-state index in [0.29, 0.717) is 6.54 Å². The van der Waals surface area contributed by atoms with Crippen LogP contribution in [-0.4, -0.2) is 47.2 Å². The van der Waals surface area contributed by atoms with E-state index in [-0.39, 0.29) is 6.03 Å². The van der Waals surface area contributed by atoms with Gasteiger partial charge in [-0.15, -0.1) is 11.3 Å². The third-order valence-corrected chi connectivity index (χ3v) is 5.29. The van der Waals surface area contributed by atoms with Crippen LogP contribution in [0.3, 0.4) is 0 Å². The number of nitrogens with one attached hydrogen (secondary N) is 1. The molecule has 3 rings (SSSR count). The summed E-state index contributed by atoms with van der Waals surface area (Å²) >= 11 is 1.79. The van der Waals surface area contributed by atoms with Gasteiger partial charge in [0.2, 0.25) is 0 Å². The average molecular weight is 348 g/mol. The Kier molecular flexibility index (Phi) is 5.52. The fraction of sp³-hybridized carbons (Fsp3) is 0.529. The summed E-state index contributed by atoms with van der Waals surface area (Å²) in [5.41, 5.74) is 1.81. The van der Waals surface area contributed by atoms with Crippen LogP contribution in [0.1, 0.15) is 28.3 Å². The van der Waals surface area contributed by atoms with Crippen LogP contribution in [0.5, 0.6) is 0 Å². The van der Waals surface area contributed by atoms with Crippen molar-refractivity contribution in [3.8, 4) is 0 Å². The highest BCUT2D eigenvalue weighted by molar-refractivity contribution is 7.09. The van der Waals surface area contributed by atoms with Gasteiger partial charge >= 0.3 is 6.03 Å². The second kappa shape index (κ2) is 7.81. The number of amides is 2. The lowest BCUT2D eigenvalue weighted by atomic mass is 10.2. The first-order valence-corrected chi connectivity index (χ1v) is 9.20. The fourth-order valence-electron chi connectivity index (χ4n) is 2.99. The van der Waals surface area contributed by atoms with E-state index < -0.39 is 0 Å². The first kappa shape index (κ1) is 17.0. The Balaban J connectivity index is 1.49. The molecule has 0 aromatic carbocycles. The summed E-state index contributed by atoms with van der Waals surface area (Å²) in [4.78, 5) is 18.2. The average Bonchev–Trinajstić information content (AvgIpc) is 3.10. The third-order valence-electron chi connectivity index (χ3n) is 4.43. The van der Waals surface area contributed by atoms with Gasteiger partial charge in [0.25, 0.3) is 0 Å². The lowest BCUT2D eigenvalue weighted by Crippen LogP contribution is -2.41. The van der Waals surface area contributed by atoms with Crippen molar-refractivity contribution < 1.29 is 9.32 Å². The number of nitrogens with zero attached hydrogens (tertiary/aromatic N) is 3. The first-order chi connectivity index (χ1) is 11.6. The highest BCUT2D eigenvalue weighted by Crippen LogP contribution is 2.14. The molecule has 0 saturated carbocycles. The number of hydrogen-bond donors (Lipinski definition) is 1. The Morgan fingerprint density at radius 1 is 1.33 bits per heavy atom. The number of aryl methyl sites for hydroxylation is 2. The van der Waals surface area contributed by atoms with Gasteiger partial charge in [0.1, 0.15) is 5.76 Å². The monoisotopic (exact) mass is 348 g/mol. The number of thiophene rings is 1. The molecular weight excluding hydrogens is 324 g/mol. The van der Waals surface area contributed by atoms with Gasteiger partial charge in [-0.1, -0.05) is 11.2 Å². The molecule has 0 bridgehead atoms. The molecule has 1 saturated heterocycles. The van der Waals surface area contributed by atoms with E-state index in [0.717, 1.165) is 56.2 Å². The second-order valence-electron chi connectivity index (χ2n) is 6.16. The number of carbonyl (C=O) groups excluding carboxylic acids is 1. The Morgan fingerprint density at radius 2 is 2.21 bits per heavy atom. The maximum absolute atomic E-state index is 12.4. The van der Waals surface area contributed by atoms with Crippen molar-refractivity contribution in [1.29, 1.82) is 0 Å². The van der Waals surface area contributed by atoms with Gasteiger partial charge in [-0.25, -0.2) is 4.79 Å². The molecule has 0 aliphatic carbocycles. The van der Waals surface area contributed by atoms with Crippen molar-refractivity contribution in [2.45, 2.75) is 33.4 Å². The van der Waals surface area contributed by atoms with Gasteiger partial charge in [0.15, 0.2) is 0 Å². The van der Waals surface area contributed by atoms with Crippen LogP contribution in [0.2, 0.25) is 0 Å². The van der Waals surface area contributed by atoms with Crippen molar-refractivity contribution in [1.82, 2.24) is 20.3 Å². The van der Waals surface area contributed by atoms with E-state index in [1.54, 1.807) is 11.3 Å². The highest BCUT2D eigenvalue weighted by Gasteiger charge is 2.20. The number of hydrogen-bond acceptors (Lipinski definition) is 5. The molecule has 3 heterocycles. The molecule has 2 aromatic rings. The number of rotatable bonds is 4. The summed E-state index contributed by atoms with van der Waals surface area (Å²) in [6, 6.07) is 4.25. The molecule has 1 aliphatic rings. The maximum Gasteiger partial charge on any atom is 0.317 e. The summed E-state index contributed by atoms with van der Waals surface area (Å²) in [6.07, 6.45) is 1.00. The Labute approximate surface area is 146 Å². The van der Waals surface area contributed by atoms with Gasteiger partial charge < -0.3 is 14.7 Å². The number of urea groups is 1. The van der Waals surface area contributed by atoms with E-state index in [1.165, 1.54) is 4.88 Å². The zero-order valence-corrected chi connectivity index (χ0v) is 15.1. The summed E-state index contributed by atoms with van der Waals surface area (Å²) in [7, 11) is 0. The molecule has 1 aliphatic heterocycles. The van der Waals surface area contributed by atoms with Crippen LogP contribution >= 0.6 is 11.3 Å². The zero-order chi connectivity index (χ0) is 16.9. The second-order valence-corrected chi connectivity index (χ2v) is 7.19. The Morgan fingerprint density at radius 3 is 2.92 bits per heavy atom. The molecule has 7 heteroatoms. The van der Waals surface area contributed by atoms with Gasteiger partial charge in [-0.2, -0.15) is 0 Å². The molecule has 2 aromatic heterocycles. The van der Waals surface area contributed by atoms with Crippen LogP contribution < -0.4 is 5.32 Å². The molecule has 24 heavy (non-hydrogen) atoms. The molecule has 0 radical (unpaired) electrons. The lowest BCUT2D eigenvalue weighted by molar-refractivity contribution is 0.197. The van der Waals surface area contributed by atoms with Crippen LogP contribution in [-0.2, 0) is 13.1 Å². The quantitative estimate of drug-likeness (QED) is 0.923. The minimum atomic E-state index is -0.00651. The third kappa shape index (κ3) is 4.15. The Hall–Kier alpha value is -1.86. The first-order valence-electron chi connectivity index (χ1n) is 8.33. The van der Waals surface area contributed by atoms with E-state index in [4.69, 9.17) is 4.52 Å². The maximum atomic E-state index is 12.4. The van der Waals surface area contributed by atoms with Crippen molar-refractivity contribution >= 4 is 17.4 Å².